The lowest BCUT2D eigenvalue weighted by molar-refractivity contribution is -0.143. The number of hydrogen-bond donors (Lipinski definition) is 0. The van der Waals surface area contributed by atoms with E-state index in [-0.39, 0.29) is 30.2 Å². The van der Waals surface area contributed by atoms with Crippen LogP contribution in [-0.4, -0.2) is 69.0 Å². The Morgan fingerprint density at radius 2 is 2.04 bits per heavy atom. The molecule has 1 aromatic heterocycles. The van der Waals surface area contributed by atoms with Crippen LogP contribution in [0.4, 0.5) is 5.69 Å². The Labute approximate surface area is 146 Å². The minimum Gasteiger partial charge on any atom is -0.340 e. The van der Waals surface area contributed by atoms with E-state index in [0.717, 1.165) is 18.5 Å². The number of likely N-dealkylation sites (tertiary alicyclic amines) is 1. The summed E-state index contributed by atoms with van der Waals surface area (Å²) in [5.41, 5.74) is 0.238. The number of rotatable bonds is 2. The van der Waals surface area contributed by atoms with Crippen molar-refractivity contribution in [2.45, 2.75) is 31.7 Å². The number of carbonyl (C=O) groups is 3. The van der Waals surface area contributed by atoms with Crippen LogP contribution in [0.15, 0.2) is 12.4 Å². The van der Waals surface area contributed by atoms with Crippen molar-refractivity contribution >= 4 is 23.4 Å². The van der Waals surface area contributed by atoms with Crippen LogP contribution < -0.4 is 4.90 Å². The van der Waals surface area contributed by atoms with E-state index in [4.69, 9.17) is 0 Å². The molecule has 1 spiro atoms. The van der Waals surface area contributed by atoms with Crippen molar-refractivity contribution in [2.24, 2.45) is 13.0 Å². The highest BCUT2D eigenvalue weighted by Gasteiger charge is 2.52. The summed E-state index contributed by atoms with van der Waals surface area (Å²) in [5.74, 6) is 0.145. The largest absolute Gasteiger partial charge is 0.340 e. The molecular formula is C17H23N5O3. The number of aryl methyl sites for hydroxylation is 1. The first-order valence-electron chi connectivity index (χ1n) is 8.76. The smallest absolute Gasteiger partial charge is 0.246 e. The zero-order valence-electron chi connectivity index (χ0n) is 14.6. The summed E-state index contributed by atoms with van der Waals surface area (Å²) in [4.78, 5) is 42.5. The normalized spacial score (nSPS) is 26.6. The molecule has 25 heavy (non-hydrogen) atoms. The summed E-state index contributed by atoms with van der Waals surface area (Å²) < 4.78 is 1.66. The lowest BCUT2D eigenvalue weighted by Crippen LogP contribution is -2.67. The first kappa shape index (κ1) is 16.1. The molecule has 1 saturated carbocycles. The Hall–Kier alpha value is -2.38. The number of carbonyl (C=O) groups excluding carboxylic acids is 3. The monoisotopic (exact) mass is 345 g/mol. The zero-order valence-corrected chi connectivity index (χ0v) is 14.6. The van der Waals surface area contributed by atoms with Gasteiger partial charge in [-0.3, -0.25) is 19.1 Å². The molecule has 134 valence electrons. The summed E-state index contributed by atoms with van der Waals surface area (Å²) >= 11 is 0. The Kier molecular flexibility index (Phi) is 3.59. The van der Waals surface area contributed by atoms with E-state index in [2.05, 4.69) is 5.10 Å². The summed E-state index contributed by atoms with van der Waals surface area (Å²) in [6, 6.07) is 0. The molecule has 1 aromatic rings. The highest BCUT2D eigenvalue weighted by molar-refractivity contribution is 5.98. The first-order valence-corrected chi connectivity index (χ1v) is 8.76. The number of anilines is 1. The molecule has 0 aromatic carbocycles. The lowest BCUT2D eigenvalue weighted by Gasteiger charge is -2.47. The molecule has 3 fully saturated rings. The SMILES string of the molecule is CC(=O)N1CC(=O)N(c2cnn(C)c2)C[C@]12CCN(C(=O)C1CC1)C2. The molecule has 0 unspecified atom stereocenters. The van der Waals surface area contributed by atoms with E-state index in [1.54, 1.807) is 33.9 Å². The van der Waals surface area contributed by atoms with Gasteiger partial charge in [0.15, 0.2) is 0 Å². The van der Waals surface area contributed by atoms with E-state index in [1.807, 2.05) is 4.90 Å². The average Bonchev–Trinajstić information content (AvgIpc) is 3.21. The van der Waals surface area contributed by atoms with Gasteiger partial charge in [0.05, 0.1) is 24.0 Å². The van der Waals surface area contributed by atoms with Gasteiger partial charge in [0.1, 0.15) is 6.54 Å². The van der Waals surface area contributed by atoms with Gasteiger partial charge in [0, 0.05) is 39.2 Å². The summed E-state index contributed by atoms with van der Waals surface area (Å²) in [7, 11) is 1.81. The molecule has 2 saturated heterocycles. The molecule has 3 heterocycles. The van der Waals surface area contributed by atoms with E-state index in [0.29, 0.717) is 26.1 Å². The number of piperazine rings is 1. The van der Waals surface area contributed by atoms with Gasteiger partial charge in [-0.15, -0.1) is 0 Å². The molecule has 1 aliphatic carbocycles. The predicted octanol–water partition coefficient (Wildman–Crippen LogP) is -0.00370. The highest BCUT2D eigenvalue weighted by atomic mass is 16.2. The van der Waals surface area contributed by atoms with Gasteiger partial charge in [-0.1, -0.05) is 0 Å². The Bertz CT molecular complexity index is 740. The lowest BCUT2D eigenvalue weighted by atomic mass is 9.92. The molecule has 3 aliphatic rings. The fourth-order valence-electron chi connectivity index (χ4n) is 4.07. The Morgan fingerprint density at radius 3 is 2.64 bits per heavy atom. The molecule has 8 heteroatoms. The fraction of sp³-hybridized carbons (Fsp3) is 0.647. The van der Waals surface area contributed by atoms with Crippen LogP contribution in [0.1, 0.15) is 26.2 Å². The van der Waals surface area contributed by atoms with Crippen molar-refractivity contribution in [1.29, 1.82) is 0 Å². The molecule has 0 N–H and O–H groups in total. The number of amides is 3. The van der Waals surface area contributed by atoms with Crippen LogP contribution in [0.25, 0.3) is 0 Å². The standard InChI is InChI=1S/C17H23N5O3/c1-12(23)22-9-15(24)21(14-7-18-19(2)8-14)11-17(22)5-6-20(10-17)16(25)13-3-4-13/h7-8,13H,3-6,9-11H2,1-2H3/t17-/m1/s1. The second kappa shape index (κ2) is 5.57. The zero-order chi connectivity index (χ0) is 17.8. The molecule has 1 atom stereocenters. The van der Waals surface area contributed by atoms with Gasteiger partial charge in [-0.25, -0.2) is 0 Å². The molecule has 4 rings (SSSR count). The van der Waals surface area contributed by atoms with Crippen LogP contribution in [-0.2, 0) is 21.4 Å². The van der Waals surface area contributed by atoms with Crippen LogP contribution in [0.3, 0.4) is 0 Å². The molecular weight excluding hydrogens is 322 g/mol. The van der Waals surface area contributed by atoms with E-state index in [1.165, 1.54) is 6.92 Å². The Balaban J connectivity index is 1.61. The van der Waals surface area contributed by atoms with Crippen molar-refractivity contribution < 1.29 is 14.4 Å². The third-order valence-electron chi connectivity index (χ3n) is 5.57. The van der Waals surface area contributed by atoms with Gasteiger partial charge in [0.2, 0.25) is 17.7 Å². The van der Waals surface area contributed by atoms with E-state index >= 15 is 0 Å². The van der Waals surface area contributed by atoms with Gasteiger partial charge >= 0.3 is 0 Å². The molecule has 2 aliphatic heterocycles. The van der Waals surface area contributed by atoms with Gasteiger partial charge in [0.25, 0.3) is 0 Å². The third kappa shape index (κ3) is 2.69. The van der Waals surface area contributed by atoms with E-state index < -0.39 is 5.54 Å². The molecule has 0 bridgehead atoms. The summed E-state index contributed by atoms with van der Waals surface area (Å²) in [5, 5.41) is 4.15. The molecule has 3 amide bonds. The fourth-order valence-corrected chi connectivity index (χ4v) is 4.07. The quantitative estimate of drug-likeness (QED) is 0.756. The first-order chi connectivity index (χ1) is 11.9. The third-order valence-corrected chi connectivity index (χ3v) is 5.57. The van der Waals surface area contributed by atoms with Gasteiger partial charge in [-0.2, -0.15) is 5.10 Å². The van der Waals surface area contributed by atoms with Crippen molar-refractivity contribution in [2.75, 3.05) is 31.1 Å². The molecule has 8 nitrogen and oxygen atoms in total. The second-order valence-corrected chi connectivity index (χ2v) is 7.47. The van der Waals surface area contributed by atoms with Crippen molar-refractivity contribution in [3.8, 4) is 0 Å². The number of nitrogens with zero attached hydrogens (tertiary/aromatic N) is 5. The highest BCUT2D eigenvalue weighted by Crippen LogP contribution is 2.38. The topological polar surface area (TPSA) is 78.8 Å². The Morgan fingerprint density at radius 1 is 1.28 bits per heavy atom. The average molecular weight is 345 g/mol. The van der Waals surface area contributed by atoms with Crippen LogP contribution >= 0.6 is 0 Å². The van der Waals surface area contributed by atoms with Crippen LogP contribution in [0.5, 0.6) is 0 Å². The number of hydrogen-bond acceptors (Lipinski definition) is 4. The minimum atomic E-state index is -0.500. The molecule has 0 radical (unpaired) electrons. The summed E-state index contributed by atoms with van der Waals surface area (Å²) in [6.07, 6.45) is 6.11. The second-order valence-electron chi connectivity index (χ2n) is 7.47. The van der Waals surface area contributed by atoms with Crippen molar-refractivity contribution in [1.82, 2.24) is 19.6 Å². The van der Waals surface area contributed by atoms with Gasteiger partial charge in [-0.05, 0) is 19.3 Å². The van der Waals surface area contributed by atoms with Crippen molar-refractivity contribution in [3.05, 3.63) is 12.4 Å². The van der Waals surface area contributed by atoms with E-state index in [9.17, 15) is 14.4 Å². The van der Waals surface area contributed by atoms with Crippen LogP contribution in [0, 0.1) is 5.92 Å². The maximum absolute atomic E-state index is 12.6. The minimum absolute atomic E-state index is 0.0513. The van der Waals surface area contributed by atoms with Crippen molar-refractivity contribution in [3.63, 3.8) is 0 Å². The maximum Gasteiger partial charge on any atom is 0.246 e. The number of aromatic nitrogens is 2. The summed E-state index contributed by atoms with van der Waals surface area (Å²) in [6.45, 7) is 3.11. The van der Waals surface area contributed by atoms with Gasteiger partial charge < -0.3 is 14.7 Å². The predicted molar refractivity (Wildman–Crippen MR) is 89.6 cm³/mol. The maximum atomic E-state index is 12.6. The van der Waals surface area contributed by atoms with Crippen LogP contribution in [0.2, 0.25) is 0 Å².